The number of nitrogens with zero attached hydrogens (tertiary/aromatic N) is 4. The van der Waals surface area contributed by atoms with Crippen LogP contribution in [-0.2, 0) is 11.0 Å². The second-order valence-corrected chi connectivity index (χ2v) is 8.66. The second-order valence-electron chi connectivity index (χ2n) is 8.66. The minimum atomic E-state index is -4.76. The van der Waals surface area contributed by atoms with Crippen LogP contribution in [-0.4, -0.2) is 50.9 Å². The number of halogens is 4. The molecule has 2 N–H and O–H groups in total. The van der Waals surface area contributed by atoms with E-state index in [-0.39, 0.29) is 24.1 Å². The standard InChI is InChI=1S/C24H21F4N5O2/c1-23(35,22(34)31-19-7-4-16(9-29)21(8-19)24(26,27)28)14-32-12-20(13-32)33-11-17(10-30-33)15-2-5-18(25)6-3-15/h2-8,10-11,20,35H,12-14H2,1H3,(H,31,34). The van der Waals surface area contributed by atoms with Gasteiger partial charge in [-0.05, 0) is 42.8 Å². The quantitative estimate of drug-likeness (QED) is 0.516. The van der Waals surface area contributed by atoms with Gasteiger partial charge in [-0.2, -0.15) is 23.5 Å². The number of anilines is 1. The van der Waals surface area contributed by atoms with E-state index < -0.39 is 28.8 Å². The molecule has 0 saturated carbocycles. The first-order chi connectivity index (χ1) is 16.5. The third kappa shape index (κ3) is 5.34. The molecular formula is C24H21F4N5O2. The molecule has 1 fully saturated rings. The zero-order valence-corrected chi connectivity index (χ0v) is 18.6. The number of β-amino-alcohol motifs (C(OH)–C–C–N with tert-alkyl or cyclic N) is 1. The fraction of sp³-hybridized carbons (Fsp3) is 0.292. The van der Waals surface area contributed by atoms with Crippen LogP contribution in [0.1, 0.15) is 24.1 Å². The molecule has 1 amide bonds. The molecule has 4 rings (SSSR count). The van der Waals surface area contributed by atoms with Crippen molar-refractivity contribution in [3.05, 3.63) is 71.8 Å². The Morgan fingerprint density at radius 1 is 1.20 bits per heavy atom. The molecule has 0 bridgehead atoms. The number of benzene rings is 2. The second kappa shape index (κ2) is 9.13. The smallest absolute Gasteiger partial charge is 0.379 e. The van der Waals surface area contributed by atoms with Crippen molar-refractivity contribution in [2.24, 2.45) is 0 Å². The average Bonchev–Trinajstić information content (AvgIpc) is 3.25. The van der Waals surface area contributed by atoms with E-state index in [4.69, 9.17) is 5.26 Å². The van der Waals surface area contributed by atoms with E-state index in [2.05, 4.69) is 10.4 Å². The van der Waals surface area contributed by atoms with Crippen LogP contribution in [0.2, 0.25) is 0 Å². The Kier molecular flexibility index (Phi) is 6.36. The Hall–Kier alpha value is -3.75. The predicted octanol–water partition coefficient (Wildman–Crippen LogP) is 3.83. The van der Waals surface area contributed by atoms with Crippen molar-refractivity contribution in [1.29, 1.82) is 5.26 Å². The lowest BCUT2D eigenvalue weighted by molar-refractivity contribution is -0.138. The Labute approximate surface area is 198 Å². The Balaban J connectivity index is 1.35. The van der Waals surface area contributed by atoms with Crippen molar-refractivity contribution in [2.45, 2.75) is 24.7 Å². The molecule has 11 heteroatoms. The minimum absolute atomic E-state index is 0.0101. The topological polar surface area (TPSA) is 94.2 Å². The first kappa shape index (κ1) is 24.4. The van der Waals surface area contributed by atoms with Gasteiger partial charge >= 0.3 is 6.18 Å². The van der Waals surface area contributed by atoms with Gasteiger partial charge in [-0.25, -0.2) is 4.39 Å². The number of nitriles is 1. The minimum Gasteiger partial charge on any atom is -0.379 e. The molecule has 182 valence electrons. The van der Waals surface area contributed by atoms with Gasteiger partial charge in [-0.3, -0.25) is 14.4 Å². The highest BCUT2D eigenvalue weighted by atomic mass is 19.4. The zero-order valence-electron chi connectivity index (χ0n) is 18.6. The summed E-state index contributed by atoms with van der Waals surface area (Å²) in [5.41, 5.74) is -2.12. The fourth-order valence-electron chi connectivity index (χ4n) is 3.90. The Morgan fingerprint density at radius 3 is 2.51 bits per heavy atom. The van der Waals surface area contributed by atoms with Crippen LogP contribution in [0, 0.1) is 17.1 Å². The number of aromatic nitrogens is 2. The highest BCUT2D eigenvalue weighted by Gasteiger charge is 2.39. The zero-order chi connectivity index (χ0) is 25.4. The van der Waals surface area contributed by atoms with Gasteiger partial charge in [0, 0.05) is 37.1 Å². The summed E-state index contributed by atoms with van der Waals surface area (Å²) in [6, 6.07) is 10.4. The molecule has 0 radical (unpaired) electrons. The highest BCUT2D eigenvalue weighted by Crippen LogP contribution is 2.34. The van der Waals surface area contributed by atoms with Crippen LogP contribution in [0.25, 0.3) is 11.1 Å². The van der Waals surface area contributed by atoms with Crippen molar-refractivity contribution in [3.63, 3.8) is 0 Å². The SMILES string of the molecule is CC(O)(CN1CC(n2cc(-c3ccc(F)cc3)cn2)C1)C(=O)Nc1ccc(C#N)c(C(F)(F)F)c1. The summed E-state index contributed by atoms with van der Waals surface area (Å²) in [6.07, 6.45) is -1.25. The Morgan fingerprint density at radius 2 is 1.89 bits per heavy atom. The summed E-state index contributed by atoms with van der Waals surface area (Å²) in [4.78, 5) is 14.4. The van der Waals surface area contributed by atoms with E-state index in [0.717, 1.165) is 17.2 Å². The normalized spacial score (nSPS) is 16.3. The molecule has 1 saturated heterocycles. The van der Waals surface area contributed by atoms with Gasteiger partial charge in [-0.15, -0.1) is 0 Å². The number of rotatable bonds is 6. The summed E-state index contributed by atoms with van der Waals surface area (Å²) in [6.45, 7) is 2.25. The number of hydrogen-bond donors (Lipinski definition) is 2. The molecular weight excluding hydrogens is 466 g/mol. The van der Waals surface area contributed by atoms with E-state index in [1.54, 1.807) is 23.0 Å². The number of carbonyl (C=O) groups excluding carboxylic acids is 1. The molecule has 2 aromatic carbocycles. The first-order valence-electron chi connectivity index (χ1n) is 10.6. The van der Waals surface area contributed by atoms with Crippen LogP contribution in [0.5, 0.6) is 0 Å². The summed E-state index contributed by atoms with van der Waals surface area (Å²) in [7, 11) is 0. The number of carbonyl (C=O) groups is 1. The number of amides is 1. The molecule has 7 nitrogen and oxygen atoms in total. The fourth-order valence-corrected chi connectivity index (χ4v) is 3.90. The van der Waals surface area contributed by atoms with Crippen molar-refractivity contribution < 1.29 is 27.5 Å². The van der Waals surface area contributed by atoms with Crippen LogP contribution >= 0.6 is 0 Å². The molecule has 2 heterocycles. The third-order valence-electron chi connectivity index (χ3n) is 5.82. The lowest BCUT2D eigenvalue weighted by Crippen LogP contribution is -2.56. The molecule has 1 atom stereocenters. The van der Waals surface area contributed by atoms with Gasteiger partial charge in [0.1, 0.15) is 5.82 Å². The summed E-state index contributed by atoms with van der Waals surface area (Å²) >= 11 is 0. The van der Waals surface area contributed by atoms with Gasteiger partial charge in [0.15, 0.2) is 5.60 Å². The van der Waals surface area contributed by atoms with Crippen molar-refractivity contribution in [3.8, 4) is 17.2 Å². The number of nitrogens with one attached hydrogen (secondary N) is 1. The lowest BCUT2D eigenvalue weighted by Gasteiger charge is -2.42. The van der Waals surface area contributed by atoms with Crippen LogP contribution in [0.3, 0.4) is 0 Å². The highest BCUT2D eigenvalue weighted by molar-refractivity contribution is 5.97. The first-order valence-corrected chi connectivity index (χ1v) is 10.6. The molecule has 0 spiro atoms. The maximum Gasteiger partial charge on any atom is 0.417 e. The van der Waals surface area contributed by atoms with Gasteiger partial charge in [0.05, 0.1) is 29.4 Å². The summed E-state index contributed by atoms with van der Waals surface area (Å²) in [5.74, 6) is -1.19. The molecule has 1 aliphatic heterocycles. The molecule has 35 heavy (non-hydrogen) atoms. The molecule has 3 aromatic rings. The molecule has 1 aromatic heterocycles. The number of alkyl halides is 3. The monoisotopic (exact) mass is 487 g/mol. The van der Waals surface area contributed by atoms with E-state index in [1.807, 2.05) is 11.1 Å². The third-order valence-corrected chi connectivity index (χ3v) is 5.82. The summed E-state index contributed by atoms with van der Waals surface area (Å²) in [5, 5.41) is 26.2. The predicted molar refractivity (Wildman–Crippen MR) is 119 cm³/mol. The van der Waals surface area contributed by atoms with E-state index in [9.17, 15) is 27.5 Å². The largest absolute Gasteiger partial charge is 0.417 e. The molecule has 1 unspecified atom stereocenters. The molecule has 0 aliphatic carbocycles. The number of aliphatic hydroxyl groups is 1. The maximum absolute atomic E-state index is 13.2. The van der Waals surface area contributed by atoms with Gasteiger partial charge < -0.3 is 10.4 Å². The van der Waals surface area contributed by atoms with Gasteiger partial charge in [0.2, 0.25) is 0 Å². The van der Waals surface area contributed by atoms with Crippen LogP contribution in [0.4, 0.5) is 23.2 Å². The van der Waals surface area contributed by atoms with E-state index in [1.165, 1.54) is 31.2 Å². The van der Waals surface area contributed by atoms with Crippen molar-refractivity contribution in [2.75, 3.05) is 25.0 Å². The average molecular weight is 487 g/mol. The number of hydrogen-bond acceptors (Lipinski definition) is 5. The maximum atomic E-state index is 13.2. The Bertz CT molecular complexity index is 1270. The van der Waals surface area contributed by atoms with Gasteiger partial charge in [0.25, 0.3) is 5.91 Å². The number of likely N-dealkylation sites (tertiary alicyclic amines) is 1. The van der Waals surface area contributed by atoms with E-state index >= 15 is 0 Å². The van der Waals surface area contributed by atoms with Crippen molar-refractivity contribution >= 4 is 11.6 Å². The lowest BCUT2D eigenvalue weighted by atomic mass is 10.0. The molecule has 1 aliphatic rings. The van der Waals surface area contributed by atoms with E-state index in [0.29, 0.717) is 19.2 Å². The van der Waals surface area contributed by atoms with Gasteiger partial charge in [-0.1, -0.05) is 12.1 Å². The summed E-state index contributed by atoms with van der Waals surface area (Å²) < 4.78 is 54.4. The van der Waals surface area contributed by atoms with Crippen LogP contribution in [0.15, 0.2) is 54.9 Å². The van der Waals surface area contributed by atoms with Crippen LogP contribution < -0.4 is 5.32 Å². The van der Waals surface area contributed by atoms with Crippen molar-refractivity contribution in [1.82, 2.24) is 14.7 Å².